The fourth-order valence-electron chi connectivity index (χ4n) is 3.80. The molecular formula is C15H26ClNO. The molecule has 0 radical (unpaired) electrons. The molecule has 1 heterocycles. The van der Waals surface area contributed by atoms with E-state index in [0.29, 0.717) is 11.9 Å². The van der Waals surface area contributed by atoms with E-state index in [2.05, 4.69) is 11.8 Å². The van der Waals surface area contributed by atoms with Gasteiger partial charge < -0.3 is 4.90 Å². The Bertz CT molecular complexity index is 297. The zero-order valence-corrected chi connectivity index (χ0v) is 12.5. The van der Waals surface area contributed by atoms with Crippen molar-refractivity contribution in [3.05, 3.63) is 0 Å². The van der Waals surface area contributed by atoms with E-state index in [1.165, 1.54) is 12.8 Å². The van der Waals surface area contributed by atoms with E-state index in [1.54, 1.807) is 0 Å². The van der Waals surface area contributed by atoms with Crippen molar-refractivity contribution in [2.45, 2.75) is 76.6 Å². The molecule has 2 unspecified atom stereocenters. The van der Waals surface area contributed by atoms with Crippen LogP contribution in [0.4, 0.5) is 0 Å². The van der Waals surface area contributed by atoms with Gasteiger partial charge >= 0.3 is 0 Å². The molecule has 1 aliphatic carbocycles. The van der Waals surface area contributed by atoms with E-state index in [1.807, 2.05) is 6.92 Å². The molecule has 0 aromatic heterocycles. The van der Waals surface area contributed by atoms with Crippen LogP contribution in [0, 0.1) is 5.41 Å². The molecule has 2 rings (SSSR count). The quantitative estimate of drug-likeness (QED) is 0.709. The first-order valence-electron chi connectivity index (χ1n) is 7.54. The Morgan fingerprint density at radius 2 is 2.06 bits per heavy atom. The van der Waals surface area contributed by atoms with Crippen molar-refractivity contribution in [3.63, 3.8) is 0 Å². The first-order chi connectivity index (χ1) is 8.59. The highest BCUT2D eigenvalue weighted by Gasteiger charge is 2.44. The highest BCUT2D eigenvalue weighted by molar-refractivity contribution is 6.20. The molecule has 1 saturated carbocycles. The number of likely N-dealkylation sites (tertiary alicyclic amines) is 1. The molecule has 104 valence electrons. The van der Waals surface area contributed by atoms with Crippen LogP contribution in [0.15, 0.2) is 0 Å². The average molecular weight is 272 g/mol. The lowest BCUT2D eigenvalue weighted by Crippen LogP contribution is -2.45. The lowest BCUT2D eigenvalue weighted by molar-refractivity contribution is -0.143. The van der Waals surface area contributed by atoms with Crippen LogP contribution in [0.1, 0.15) is 65.2 Å². The standard InChI is InChI=1S/C15H26ClNO/c1-3-15(8-4-5-9-15)14(18)17-10-6-7-13(17)11-12(2)16/h12-13H,3-11H2,1-2H3. The summed E-state index contributed by atoms with van der Waals surface area (Å²) in [6.45, 7) is 5.17. The number of hydrogen-bond donors (Lipinski definition) is 0. The first-order valence-corrected chi connectivity index (χ1v) is 7.98. The molecule has 2 aliphatic rings. The Hall–Kier alpha value is -0.240. The van der Waals surface area contributed by atoms with Crippen LogP contribution in [0.2, 0.25) is 0 Å². The summed E-state index contributed by atoms with van der Waals surface area (Å²) >= 11 is 6.12. The van der Waals surface area contributed by atoms with Crippen LogP contribution < -0.4 is 0 Å². The van der Waals surface area contributed by atoms with Gasteiger partial charge in [0.15, 0.2) is 0 Å². The summed E-state index contributed by atoms with van der Waals surface area (Å²) in [5.41, 5.74) is -0.0296. The Kier molecular flexibility index (Phi) is 4.58. The zero-order chi connectivity index (χ0) is 13.2. The topological polar surface area (TPSA) is 20.3 Å². The largest absolute Gasteiger partial charge is 0.339 e. The molecule has 3 heteroatoms. The highest BCUT2D eigenvalue weighted by Crippen LogP contribution is 2.44. The van der Waals surface area contributed by atoms with Crippen molar-refractivity contribution in [2.24, 2.45) is 5.41 Å². The smallest absolute Gasteiger partial charge is 0.229 e. The molecule has 2 atom stereocenters. The maximum absolute atomic E-state index is 12.9. The number of rotatable bonds is 4. The molecule has 0 bridgehead atoms. The third-order valence-electron chi connectivity index (χ3n) is 4.93. The summed E-state index contributed by atoms with van der Waals surface area (Å²) in [7, 11) is 0. The van der Waals surface area contributed by atoms with Crippen LogP contribution in [-0.2, 0) is 4.79 Å². The van der Waals surface area contributed by atoms with E-state index in [4.69, 9.17) is 11.6 Å². The van der Waals surface area contributed by atoms with Crippen LogP contribution in [-0.4, -0.2) is 28.8 Å². The third kappa shape index (κ3) is 2.68. The number of hydrogen-bond acceptors (Lipinski definition) is 1. The molecule has 2 fully saturated rings. The Morgan fingerprint density at radius 3 is 2.61 bits per heavy atom. The van der Waals surface area contributed by atoms with Crippen molar-refractivity contribution in [1.82, 2.24) is 4.90 Å². The summed E-state index contributed by atoms with van der Waals surface area (Å²) in [4.78, 5) is 15.0. The summed E-state index contributed by atoms with van der Waals surface area (Å²) in [5, 5.41) is 0.171. The van der Waals surface area contributed by atoms with Gasteiger partial charge in [-0.05, 0) is 45.4 Å². The molecule has 2 nitrogen and oxygen atoms in total. The summed E-state index contributed by atoms with van der Waals surface area (Å²) in [6, 6.07) is 0.397. The summed E-state index contributed by atoms with van der Waals surface area (Å²) in [5.74, 6) is 0.433. The minimum Gasteiger partial charge on any atom is -0.339 e. The van der Waals surface area contributed by atoms with Gasteiger partial charge in [0.2, 0.25) is 5.91 Å². The minimum atomic E-state index is -0.0296. The molecule has 1 amide bonds. The number of halogens is 1. The van der Waals surface area contributed by atoms with Crippen LogP contribution in [0.5, 0.6) is 0 Å². The van der Waals surface area contributed by atoms with Gasteiger partial charge in [-0.2, -0.15) is 0 Å². The van der Waals surface area contributed by atoms with Crippen molar-refractivity contribution in [2.75, 3.05) is 6.54 Å². The van der Waals surface area contributed by atoms with E-state index in [0.717, 1.165) is 45.1 Å². The normalized spacial score (nSPS) is 28.6. The molecule has 0 aromatic carbocycles. The van der Waals surface area contributed by atoms with Crippen molar-refractivity contribution >= 4 is 17.5 Å². The fraction of sp³-hybridized carbons (Fsp3) is 0.933. The Morgan fingerprint density at radius 1 is 1.39 bits per heavy atom. The lowest BCUT2D eigenvalue weighted by atomic mass is 9.81. The van der Waals surface area contributed by atoms with E-state index in [-0.39, 0.29) is 10.8 Å². The molecule has 18 heavy (non-hydrogen) atoms. The Labute approximate surface area is 116 Å². The van der Waals surface area contributed by atoms with Gasteiger partial charge in [0, 0.05) is 23.4 Å². The van der Waals surface area contributed by atoms with Crippen LogP contribution in [0.3, 0.4) is 0 Å². The second kappa shape index (κ2) is 5.81. The second-order valence-electron chi connectivity index (χ2n) is 6.15. The minimum absolute atomic E-state index is 0.0296. The predicted octanol–water partition coefficient (Wildman–Crippen LogP) is 3.97. The van der Waals surface area contributed by atoms with Crippen LogP contribution in [0.25, 0.3) is 0 Å². The summed E-state index contributed by atoms with van der Waals surface area (Å²) in [6.07, 6.45) is 8.90. The first kappa shape index (κ1) is 14.2. The van der Waals surface area contributed by atoms with Gasteiger partial charge in [0.1, 0.15) is 0 Å². The summed E-state index contributed by atoms with van der Waals surface area (Å²) < 4.78 is 0. The highest BCUT2D eigenvalue weighted by atomic mass is 35.5. The van der Waals surface area contributed by atoms with Gasteiger partial charge in [-0.1, -0.05) is 19.8 Å². The molecule has 1 saturated heterocycles. The third-order valence-corrected chi connectivity index (χ3v) is 5.10. The van der Waals surface area contributed by atoms with E-state index < -0.39 is 0 Å². The fourth-order valence-corrected chi connectivity index (χ4v) is 4.00. The van der Waals surface area contributed by atoms with Gasteiger partial charge in [-0.25, -0.2) is 0 Å². The van der Waals surface area contributed by atoms with Gasteiger partial charge in [0.25, 0.3) is 0 Å². The van der Waals surface area contributed by atoms with Gasteiger partial charge in [0.05, 0.1) is 0 Å². The number of alkyl halides is 1. The molecular weight excluding hydrogens is 246 g/mol. The number of carbonyl (C=O) groups excluding carboxylic acids is 1. The monoisotopic (exact) mass is 271 g/mol. The molecule has 0 aromatic rings. The van der Waals surface area contributed by atoms with E-state index >= 15 is 0 Å². The van der Waals surface area contributed by atoms with Gasteiger partial charge in [-0.15, -0.1) is 11.6 Å². The number of nitrogens with zero attached hydrogens (tertiary/aromatic N) is 1. The van der Waals surface area contributed by atoms with Gasteiger partial charge in [-0.3, -0.25) is 4.79 Å². The SMILES string of the molecule is CCC1(C(=O)N2CCCC2CC(C)Cl)CCCC1. The molecule has 0 spiro atoms. The average Bonchev–Trinajstić information content (AvgIpc) is 2.96. The number of amides is 1. The molecule has 1 aliphatic heterocycles. The van der Waals surface area contributed by atoms with Crippen molar-refractivity contribution in [3.8, 4) is 0 Å². The van der Waals surface area contributed by atoms with E-state index in [9.17, 15) is 4.79 Å². The maximum Gasteiger partial charge on any atom is 0.229 e. The van der Waals surface area contributed by atoms with Crippen LogP contribution >= 0.6 is 11.6 Å². The lowest BCUT2D eigenvalue weighted by Gasteiger charge is -2.35. The van der Waals surface area contributed by atoms with Crippen molar-refractivity contribution < 1.29 is 4.79 Å². The zero-order valence-electron chi connectivity index (χ0n) is 11.8. The predicted molar refractivity (Wildman–Crippen MR) is 75.9 cm³/mol. The second-order valence-corrected chi connectivity index (χ2v) is 6.90. The maximum atomic E-state index is 12.9. The Balaban J connectivity index is 2.07. The van der Waals surface area contributed by atoms with Crippen molar-refractivity contribution in [1.29, 1.82) is 0 Å². The number of carbonyl (C=O) groups is 1. The molecule has 0 N–H and O–H groups in total.